The second-order valence-corrected chi connectivity index (χ2v) is 6.39. The molecule has 2 rings (SSSR count). The van der Waals surface area contributed by atoms with Crippen molar-refractivity contribution in [3.63, 3.8) is 0 Å². The van der Waals surface area contributed by atoms with Crippen LogP contribution in [0.3, 0.4) is 0 Å². The zero-order valence-electron chi connectivity index (χ0n) is 12.9. The number of thiazole rings is 1. The van der Waals surface area contributed by atoms with Gasteiger partial charge in [0.25, 0.3) is 0 Å². The van der Waals surface area contributed by atoms with Gasteiger partial charge in [-0.3, -0.25) is 0 Å². The minimum absolute atomic E-state index is 0.115. The lowest BCUT2D eigenvalue weighted by molar-refractivity contribution is 0.0635. The van der Waals surface area contributed by atoms with Crippen molar-refractivity contribution in [2.24, 2.45) is 0 Å². The van der Waals surface area contributed by atoms with Crippen LogP contribution in [-0.2, 0) is 11.3 Å². The molecule has 0 radical (unpaired) electrons. The molecule has 0 atom stereocenters. The van der Waals surface area contributed by atoms with Crippen molar-refractivity contribution in [3.05, 3.63) is 11.1 Å². The minimum atomic E-state index is -0.115. The van der Waals surface area contributed by atoms with Crippen LogP contribution < -0.4 is 15.5 Å². The predicted molar refractivity (Wildman–Crippen MR) is 84.9 cm³/mol. The van der Waals surface area contributed by atoms with E-state index in [9.17, 15) is 4.79 Å². The highest BCUT2D eigenvalue weighted by Crippen LogP contribution is 2.20. The standard InChI is InChI=1S/C14H24N4O2S/c1-18(2)14-17-11(9-21-14)8-15-13(19)16-10-4-6-12(20-3)7-5-10/h9-10,12H,4-8H2,1-3H3,(H2,15,16,19). The Kier molecular flexibility index (Phi) is 5.81. The van der Waals surface area contributed by atoms with E-state index in [1.54, 1.807) is 18.4 Å². The zero-order valence-corrected chi connectivity index (χ0v) is 13.7. The molecule has 118 valence electrons. The Morgan fingerprint density at radius 1 is 1.43 bits per heavy atom. The van der Waals surface area contributed by atoms with Crippen molar-refractivity contribution in [2.45, 2.75) is 44.4 Å². The average Bonchev–Trinajstić information content (AvgIpc) is 2.95. The number of methoxy groups -OCH3 is 1. The van der Waals surface area contributed by atoms with Gasteiger partial charge in [-0.15, -0.1) is 11.3 Å². The molecule has 6 nitrogen and oxygen atoms in total. The van der Waals surface area contributed by atoms with Gasteiger partial charge in [0.05, 0.1) is 18.3 Å². The molecule has 0 unspecified atom stereocenters. The fourth-order valence-electron chi connectivity index (χ4n) is 2.43. The first-order chi connectivity index (χ1) is 10.1. The quantitative estimate of drug-likeness (QED) is 0.872. The average molecular weight is 312 g/mol. The van der Waals surface area contributed by atoms with Gasteiger partial charge in [-0.25, -0.2) is 9.78 Å². The van der Waals surface area contributed by atoms with Crippen molar-refractivity contribution < 1.29 is 9.53 Å². The third-order valence-corrected chi connectivity index (χ3v) is 4.75. The van der Waals surface area contributed by atoms with Gasteiger partial charge >= 0.3 is 6.03 Å². The summed E-state index contributed by atoms with van der Waals surface area (Å²) >= 11 is 1.58. The Morgan fingerprint density at radius 3 is 2.71 bits per heavy atom. The van der Waals surface area contributed by atoms with Crippen molar-refractivity contribution in [1.82, 2.24) is 15.6 Å². The highest BCUT2D eigenvalue weighted by molar-refractivity contribution is 7.13. The number of urea groups is 1. The van der Waals surface area contributed by atoms with Crippen LogP contribution in [0.5, 0.6) is 0 Å². The number of aromatic nitrogens is 1. The summed E-state index contributed by atoms with van der Waals surface area (Å²) in [5, 5.41) is 8.81. The van der Waals surface area contributed by atoms with Gasteiger partial charge in [-0.2, -0.15) is 0 Å². The number of rotatable bonds is 5. The summed E-state index contributed by atoms with van der Waals surface area (Å²) in [6.45, 7) is 0.462. The molecule has 1 aliphatic rings. The van der Waals surface area contributed by atoms with Gasteiger partial charge in [-0.05, 0) is 25.7 Å². The Balaban J connectivity index is 1.70. The molecule has 0 aliphatic heterocycles. The molecule has 1 heterocycles. The van der Waals surface area contributed by atoms with Crippen LogP contribution in [0.4, 0.5) is 9.93 Å². The first-order valence-electron chi connectivity index (χ1n) is 7.27. The van der Waals surface area contributed by atoms with Gasteiger partial charge in [0.2, 0.25) is 0 Å². The lowest BCUT2D eigenvalue weighted by Crippen LogP contribution is -2.44. The summed E-state index contributed by atoms with van der Waals surface area (Å²) < 4.78 is 5.33. The largest absolute Gasteiger partial charge is 0.381 e. The number of carbonyl (C=O) groups excluding carboxylic acids is 1. The third kappa shape index (κ3) is 4.86. The highest BCUT2D eigenvalue weighted by Gasteiger charge is 2.21. The van der Waals surface area contributed by atoms with Crippen LogP contribution in [0.25, 0.3) is 0 Å². The van der Waals surface area contributed by atoms with Crippen LogP contribution in [0.15, 0.2) is 5.38 Å². The van der Waals surface area contributed by atoms with Crippen LogP contribution >= 0.6 is 11.3 Å². The molecule has 2 amide bonds. The topological polar surface area (TPSA) is 66.5 Å². The van der Waals surface area contributed by atoms with E-state index in [2.05, 4.69) is 15.6 Å². The third-order valence-electron chi connectivity index (χ3n) is 3.70. The fraction of sp³-hybridized carbons (Fsp3) is 0.714. The first kappa shape index (κ1) is 16.0. The molecule has 1 saturated carbocycles. The molecular formula is C14H24N4O2S. The normalized spacial score (nSPS) is 21.9. The Hall–Kier alpha value is -1.34. The molecule has 1 aliphatic carbocycles. The maximum atomic E-state index is 11.9. The molecule has 2 N–H and O–H groups in total. The Labute approximate surface area is 129 Å². The summed E-state index contributed by atoms with van der Waals surface area (Å²) in [7, 11) is 5.67. The van der Waals surface area contributed by atoms with Gasteiger partial charge in [0.1, 0.15) is 0 Å². The van der Waals surface area contributed by atoms with Crippen molar-refractivity contribution in [1.29, 1.82) is 0 Å². The lowest BCUT2D eigenvalue weighted by atomic mass is 9.93. The summed E-state index contributed by atoms with van der Waals surface area (Å²) in [5.74, 6) is 0. The van der Waals surface area contributed by atoms with E-state index in [0.29, 0.717) is 12.6 Å². The highest BCUT2D eigenvalue weighted by atomic mass is 32.1. The van der Waals surface area contributed by atoms with Crippen LogP contribution in [0.2, 0.25) is 0 Å². The number of nitrogens with one attached hydrogen (secondary N) is 2. The smallest absolute Gasteiger partial charge is 0.315 e. The Bertz CT molecular complexity index is 456. The molecule has 0 bridgehead atoms. The summed E-state index contributed by atoms with van der Waals surface area (Å²) in [6.07, 6.45) is 4.34. The van der Waals surface area contributed by atoms with Gasteiger partial charge in [-0.1, -0.05) is 0 Å². The molecule has 0 saturated heterocycles. The summed E-state index contributed by atoms with van der Waals surface area (Å²) in [6, 6.07) is 0.138. The first-order valence-corrected chi connectivity index (χ1v) is 8.15. The van der Waals surface area contributed by atoms with E-state index in [1.165, 1.54) is 0 Å². The van der Waals surface area contributed by atoms with Gasteiger partial charge < -0.3 is 20.3 Å². The number of nitrogens with zero attached hydrogens (tertiary/aromatic N) is 2. The van der Waals surface area contributed by atoms with E-state index in [0.717, 1.165) is 36.5 Å². The SMILES string of the molecule is COC1CCC(NC(=O)NCc2csc(N(C)C)n2)CC1. The molecular weight excluding hydrogens is 288 g/mol. The molecule has 21 heavy (non-hydrogen) atoms. The van der Waals surface area contributed by atoms with Gasteiger partial charge in [0, 0.05) is 32.6 Å². The van der Waals surface area contributed by atoms with E-state index in [-0.39, 0.29) is 12.1 Å². The van der Waals surface area contributed by atoms with E-state index in [4.69, 9.17) is 4.74 Å². The minimum Gasteiger partial charge on any atom is -0.381 e. The number of amides is 2. The van der Waals surface area contributed by atoms with Crippen LogP contribution in [0.1, 0.15) is 31.4 Å². The molecule has 0 aromatic carbocycles. The molecule has 0 spiro atoms. The second-order valence-electron chi connectivity index (χ2n) is 5.55. The fourth-order valence-corrected chi connectivity index (χ4v) is 3.19. The number of carbonyl (C=O) groups is 1. The molecule has 1 aromatic rings. The number of hydrogen-bond donors (Lipinski definition) is 2. The Morgan fingerprint density at radius 2 is 2.14 bits per heavy atom. The van der Waals surface area contributed by atoms with E-state index < -0.39 is 0 Å². The zero-order chi connectivity index (χ0) is 15.2. The molecule has 1 aromatic heterocycles. The lowest BCUT2D eigenvalue weighted by Gasteiger charge is -2.28. The van der Waals surface area contributed by atoms with Crippen molar-refractivity contribution in [3.8, 4) is 0 Å². The number of anilines is 1. The predicted octanol–water partition coefficient (Wildman–Crippen LogP) is 1.97. The number of hydrogen-bond acceptors (Lipinski definition) is 5. The maximum Gasteiger partial charge on any atom is 0.315 e. The summed E-state index contributed by atoms with van der Waals surface area (Å²) in [5.41, 5.74) is 0.891. The van der Waals surface area contributed by atoms with Crippen LogP contribution in [-0.4, -0.2) is 44.4 Å². The van der Waals surface area contributed by atoms with E-state index in [1.807, 2.05) is 24.4 Å². The summed E-state index contributed by atoms with van der Waals surface area (Å²) in [4.78, 5) is 18.3. The van der Waals surface area contributed by atoms with Gasteiger partial charge in [0.15, 0.2) is 5.13 Å². The second kappa shape index (κ2) is 7.61. The van der Waals surface area contributed by atoms with Crippen molar-refractivity contribution in [2.75, 3.05) is 26.1 Å². The molecule has 7 heteroatoms. The van der Waals surface area contributed by atoms with Crippen molar-refractivity contribution >= 4 is 22.5 Å². The maximum absolute atomic E-state index is 11.9. The van der Waals surface area contributed by atoms with Crippen LogP contribution in [0, 0.1) is 0 Å². The van der Waals surface area contributed by atoms with E-state index >= 15 is 0 Å². The number of ether oxygens (including phenoxy) is 1. The molecule has 1 fully saturated rings. The monoisotopic (exact) mass is 312 g/mol.